The van der Waals surface area contributed by atoms with Crippen LogP contribution in [0.4, 0.5) is 11.4 Å². The molecule has 0 saturated carbocycles. The Morgan fingerprint density at radius 2 is 1.43 bits per heavy atom. The van der Waals surface area contributed by atoms with E-state index in [-0.39, 0.29) is 4.90 Å². The van der Waals surface area contributed by atoms with E-state index in [4.69, 9.17) is 30.9 Å². The van der Waals surface area contributed by atoms with E-state index in [1.807, 2.05) is 48.5 Å². The number of anilines is 2. The van der Waals surface area contributed by atoms with Gasteiger partial charge in [-0.25, -0.2) is 9.97 Å². The number of aromatic hydroxyl groups is 1. The van der Waals surface area contributed by atoms with Crippen molar-refractivity contribution in [2.75, 3.05) is 38.6 Å². The number of methoxy groups -OCH3 is 1. The quantitative estimate of drug-likeness (QED) is 0.0803. The summed E-state index contributed by atoms with van der Waals surface area (Å²) in [5, 5.41) is 18.3. The maximum absolute atomic E-state index is 11.3. The first-order valence-corrected chi connectivity index (χ1v) is 18.9. The minimum atomic E-state index is -4.09. The summed E-state index contributed by atoms with van der Waals surface area (Å²) in [4.78, 5) is 14.3. The number of hydrogen-bond donors (Lipinski definition) is 3. The number of pyridine rings is 2. The summed E-state index contributed by atoms with van der Waals surface area (Å²) in [5.41, 5.74) is 5.96. The number of phenols is 1. The van der Waals surface area contributed by atoms with Gasteiger partial charge in [-0.05, 0) is 111 Å². The SMILES string of the molecule is COc1ccc2nc3cc(Cl)ccc3c(Nc3cc(CN4CCCC4)c(O)c(CN4CCCC4)c3)c2n1.O=S(=O)(O)c1ccc2ccccc2c1. The predicted octanol–water partition coefficient (Wildman–Crippen LogP) is 8.17. The maximum atomic E-state index is 11.3. The standard InChI is InChI=1S/C29H32ClN5O2.C10H8O3S/c1-37-26-9-8-24-28(33-26)27(23-7-6-21(30)16-25(23)32-24)31-22-14-19(17-34-10-2-3-11-34)29(36)20(15-22)18-35-12-4-5-13-35;11-14(12,13)10-6-5-8-3-1-2-4-9(8)7-10/h6-9,14-16,36H,2-5,10-13,17-18H2,1H3,(H,31,32);1-7H,(H,11,12,13). The molecule has 2 aliphatic heterocycles. The van der Waals surface area contributed by atoms with Crippen LogP contribution in [0.15, 0.2) is 89.8 Å². The summed E-state index contributed by atoms with van der Waals surface area (Å²) in [6.45, 7) is 5.78. The third-order valence-corrected chi connectivity index (χ3v) is 10.6. The van der Waals surface area contributed by atoms with E-state index >= 15 is 0 Å². The highest BCUT2D eigenvalue weighted by molar-refractivity contribution is 7.85. The van der Waals surface area contributed by atoms with Crippen molar-refractivity contribution in [2.24, 2.45) is 0 Å². The lowest BCUT2D eigenvalue weighted by atomic mass is 10.0. The van der Waals surface area contributed by atoms with Crippen LogP contribution in [0.25, 0.3) is 32.7 Å². The Balaban J connectivity index is 0.000000243. The number of benzene rings is 4. The van der Waals surface area contributed by atoms with Gasteiger partial charge in [-0.2, -0.15) is 8.42 Å². The Morgan fingerprint density at radius 3 is 2.06 bits per heavy atom. The minimum Gasteiger partial charge on any atom is -0.507 e. The second kappa shape index (κ2) is 15.0. The first-order chi connectivity index (χ1) is 24.6. The molecular formula is C39H40ClN5O5S. The number of nitrogens with one attached hydrogen (secondary N) is 1. The molecule has 0 bridgehead atoms. The Labute approximate surface area is 302 Å². The molecule has 2 fully saturated rings. The average Bonchev–Trinajstić information content (AvgIpc) is 3.84. The third-order valence-electron chi connectivity index (χ3n) is 9.51. The molecule has 2 saturated heterocycles. The number of rotatable bonds is 8. The molecular weight excluding hydrogens is 686 g/mol. The molecule has 2 aromatic heterocycles. The number of ether oxygens (including phenoxy) is 1. The average molecular weight is 726 g/mol. The topological polar surface area (TPSA) is 128 Å². The van der Waals surface area contributed by atoms with Gasteiger partial charge in [-0.3, -0.25) is 14.4 Å². The maximum Gasteiger partial charge on any atom is 0.294 e. The molecule has 3 N–H and O–H groups in total. The highest BCUT2D eigenvalue weighted by Crippen LogP contribution is 2.37. The van der Waals surface area contributed by atoms with Gasteiger partial charge in [0.25, 0.3) is 10.1 Å². The van der Waals surface area contributed by atoms with E-state index in [1.165, 1.54) is 37.8 Å². The molecule has 10 nitrogen and oxygen atoms in total. The number of nitrogens with zero attached hydrogens (tertiary/aromatic N) is 4. The number of phenolic OH excluding ortho intramolecular Hbond substituents is 1. The molecule has 4 aromatic carbocycles. The monoisotopic (exact) mass is 725 g/mol. The van der Waals surface area contributed by atoms with Gasteiger partial charge in [0.1, 0.15) is 11.3 Å². The smallest absolute Gasteiger partial charge is 0.294 e. The Morgan fingerprint density at radius 1 is 0.784 bits per heavy atom. The van der Waals surface area contributed by atoms with Gasteiger partial charge in [-0.1, -0.05) is 41.9 Å². The lowest BCUT2D eigenvalue weighted by Gasteiger charge is -2.22. The fraction of sp³-hybridized carbons (Fsp3) is 0.282. The van der Waals surface area contributed by atoms with Gasteiger partial charge in [0.2, 0.25) is 5.88 Å². The van der Waals surface area contributed by atoms with Crippen molar-refractivity contribution in [3.05, 3.63) is 101 Å². The van der Waals surface area contributed by atoms with E-state index in [2.05, 4.69) is 27.2 Å². The van der Waals surface area contributed by atoms with Crippen LogP contribution in [0.1, 0.15) is 36.8 Å². The van der Waals surface area contributed by atoms with Crippen LogP contribution in [-0.2, 0) is 23.2 Å². The molecule has 0 unspecified atom stereocenters. The largest absolute Gasteiger partial charge is 0.507 e. The molecule has 0 amide bonds. The molecule has 6 aromatic rings. The van der Waals surface area contributed by atoms with Gasteiger partial charge in [0, 0.05) is 46.4 Å². The number of halogens is 1. The van der Waals surface area contributed by atoms with E-state index in [0.29, 0.717) is 16.7 Å². The molecule has 12 heteroatoms. The van der Waals surface area contributed by atoms with Crippen molar-refractivity contribution in [3.8, 4) is 11.6 Å². The summed E-state index contributed by atoms with van der Waals surface area (Å²) in [6.07, 6.45) is 4.85. The van der Waals surface area contributed by atoms with Gasteiger partial charge < -0.3 is 15.2 Å². The third kappa shape index (κ3) is 8.03. The molecule has 2 aliphatic rings. The lowest BCUT2D eigenvalue weighted by Crippen LogP contribution is -2.20. The number of fused-ring (bicyclic) bond motifs is 3. The van der Waals surface area contributed by atoms with Crippen molar-refractivity contribution < 1.29 is 22.8 Å². The van der Waals surface area contributed by atoms with Crippen LogP contribution in [0, 0.1) is 0 Å². The first kappa shape index (κ1) is 34.9. The number of aromatic nitrogens is 2. The molecule has 8 rings (SSSR count). The minimum absolute atomic E-state index is 0.0730. The second-order valence-electron chi connectivity index (χ2n) is 13.1. The molecule has 0 radical (unpaired) electrons. The summed E-state index contributed by atoms with van der Waals surface area (Å²) >= 11 is 6.32. The Hall–Kier alpha value is -4.52. The summed E-state index contributed by atoms with van der Waals surface area (Å²) < 4.78 is 35.9. The van der Waals surface area contributed by atoms with E-state index in [9.17, 15) is 13.5 Å². The summed E-state index contributed by atoms with van der Waals surface area (Å²) in [7, 11) is -2.48. The lowest BCUT2D eigenvalue weighted by molar-refractivity contribution is 0.312. The predicted molar refractivity (Wildman–Crippen MR) is 203 cm³/mol. The van der Waals surface area contributed by atoms with Gasteiger partial charge in [0.05, 0.1) is 28.7 Å². The molecule has 0 spiro atoms. The normalized spacial score (nSPS) is 15.4. The van der Waals surface area contributed by atoms with E-state index in [1.54, 1.807) is 19.2 Å². The molecule has 0 aliphatic carbocycles. The Kier molecular flexibility index (Phi) is 10.3. The first-order valence-electron chi connectivity index (χ1n) is 17.1. The zero-order chi connectivity index (χ0) is 35.5. The van der Waals surface area contributed by atoms with Crippen LogP contribution >= 0.6 is 11.6 Å². The van der Waals surface area contributed by atoms with Crippen molar-refractivity contribution in [2.45, 2.75) is 43.7 Å². The zero-order valence-corrected chi connectivity index (χ0v) is 29.9. The fourth-order valence-electron chi connectivity index (χ4n) is 6.92. The summed E-state index contributed by atoms with van der Waals surface area (Å²) in [5.74, 6) is 0.946. The van der Waals surface area contributed by atoms with Crippen LogP contribution in [0.2, 0.25) is 5.02 Å². The molecule has 0 atom stereocenters. The van der Waals surface area contributed by atoms with Crippen molar-refractivity contribution in [1.29, 1.82) is 0 Å². The molecule has 264 valence electrons. The van der Waals surface area contributed by atoms with Crippen LogP contribution in [0.5, 0.6) is 11.6 Å². The highest BCUT2D eigenvalue weighted by Gasteiger charge is 2.21. The second-order valence-corrected chi connectivity index (χ2v) is 14.9. The van der Waals surface area contributed by atoms with E-state index < -0.39 is 10.1 Å². The highest BCUT2D eigenvalue weighted by atomic mass is 35.5. The van der Waals surface area contributed by atoms with Gasteiger partial charge in [-0.15, -0.1) is 0 Å². The zero-order valence-electron chi connectivity index (χ0n) is 28.3. The van der Waals surface area contributed by atoms with Gasteiger partial charge >= 0.3 is 0 Å². The van der Waals surface area contributed by atoms with Crippen molar-refractivity contribution >= 4 is 65.8 Å². The van der Waals surface area contributed by atoms with Crippen LogP contribution in [0.3, 0.4) is 0 Å². The number of hydrogen-bond acceptors (Lipinski definition) is 9. The van der Waals surface area contributed by atoms with Crippen molar-refractivity contribution in [3.63, 3.8) is 0 Å². The molecule has 4 heterocycles. The van der Waals surface area contributed by atoms with Gasteiger partial charge in [0.15, 0.2) is 0 Å². The van der Waals surface area contributed by atoms with Crippen LogP contribution in [-0.4, -0.2) is 71.1 Å². The van der Waals surface area contributed by atoms with E-state index in [0.717, 1.165) is 94.5 Å². The van der Waals surface area contributed by atoms with Crippen LogP contribution < -0.4 is 10.1 Å². The Bertz CT molecular complexity index is 2290. The fourth-order valence-corrected chi connectivity index (χ4v) is 7.61. The summed E-state index contributed by atoms with van der Waals surface area (Å²) in [6, 6.07) is 25.5. The molecule has 51 heavy (non-hydrogen) atoms. The van der Waals surface area contributed by atoms with Crippen molar-refractivity contribution in [1.82, 2.24) is 19.8 Å². The number of likely N-dealkylation sites (tertiary alicyclic amines) is 2.